The molecule has 0 saturated heterocycles. The standard InChI is InChI=1S/C54H90NO8P/c1-6-8-10-12-14-16-18-20-21-22-23-24-25-26-27-28-29-30-31-32-33-35-37-39-41-43-45-47-54(57)63-52(51-62-64(58,59)61-49-48-55(3,4)5)50-60-53(56)46-44-42-40-38-36-34-19-17-15-13-11-9-7-2/h8-11,14-17,20-21,23-24,26-27,34,36,40,42,52H,6-7,12-13,18-19,22,25,28-33,35,37-39,41,43-51H2,1-5H3/p+1/b10-8-,11-9-,16-14-,17-15-,21-20-,24-23-,27-26-,36-34-,42-40-. The van der Waals surface area contributed by atoms with Gasteiger partial charge in [0.25, 0.3) is 0 Å². The predicted octanol–water partition coefficient (Wildman–Crippen LogP) is 14.7. The Balaban J connectivity index is 4.28. The van der Waals surface area contributed by atoms with Gasteiger partial charge in [0.05, 0.1) is 27.7 Å². The summed E-state index contributed by atoms with van der Waals surface area (Å²) in [5.41, 5.74) is 0. The molecule has 0 fully saturated rings. The number of carbonyl (C=O) groups excluding carboxylic acids is 2. The van der Waals surface area contributed by atoms with Crippen LogP contribution in [0.3, 0.4) is 0 Å². The van der Waals surface area contributed by atoms with Gasteiger partial charge in [0, 0.05) is 12.8 Å². The molecule has 0 amide bonds. The maximum absolute atomic E-state index is 12.7. The number of phosphoric ester groups is 1. The molecule has 0 radical (unpaired) electrons. The quantitative estimate of drug-likeness (QED) is 0.0212. The van der Waals surface area contributed by atoms with Crippen molar-refractivity contribution in [3.63, 3.8) is 0 Å². The van der Waals surface area contributed by atoms with Crippen LogP contribution in [0.5, 0.6) is 0 Å². The topological polar surface area (TPSA) is 108 Å². The van der Waals surface area contributed by atoms with Crippen LogP contribution in [0, 0.1) is 0 Å². The third-order valence-corrected chi connectivity index (χ3v) is 10.8. The van der Waals surface area contributed by atoms with E-state index in [9.17, 15) is 19.0 Å². The SMILES string of the molecule is CC/C=C\C/C=C\C/C=C\C/C=C\C/C=C\CCCCCCCCCCCCCC(=O)OC(COC(=O)CC/C=C\C/C=C\C/C=C\C/C=C\CC)COP(=O)(O)OCC[N+](C)(C)C. The number of ether oxygens (including phenoxy) is 2. The Kier molecular flexibility index (Phi) is 42.5. The first-order valence-electron chi connectivity index (χ1n) is 24.6. The molecule has 10 heteroatoms. The number of allylic oxidation sites excluding steroid dienone is 18. The first-order valence-corrected chi connectivity index (χ1v) is 26.1. The van der Waals surface area contributed by atoms with Gasteiger partial charge in [-0.05, 0) is 83.5 Å². The number of carbonyl (C=O) groups is 2. The van der Waals surface area contributed by atoms with Crippen molar-refractivity contribution in [2.24, 2.45) is 0 Å². The molecule has 9 nitrogen and oxygen atoms in total. The van der Waals surface area contributed by atoms with E-state index in [0.29, 0.717) is 23.9 Å². The third kappa shape index (κ3) is 48.1. The van der Waals surface area contributed by atoms with Crippen LogP contribution in [-0.2, 0) is 32.7 Å². The number of nitrogens with zero attached hydrogens (tertiary/aromatic N) is 1. The zero-order chi connectivity index (χ0) is 47.1. The van der Waals surface area contributed by atoms with E-state index < -0.39 is 32.5 Å². The fourth-order valence-corrected chi connectivity index (χ4v) is 6.80. The normalized spacial score (nSPS) is 14.4. The van der Waals surface area contributed by atoms with Crippen LogP contribution >= 0.6 is 7.82 Å². The van der Waals surface area contributed by atoms with E-state index in [2.05, 4.69) is 111 Å². The van der Waals surface area contributed by atoms with E-state index in [1.54, 1.807) is 0 Å². The largest absolute Gasteiger partial charge is 0.472 e. The second-order valence-electron chi connectivity index (χ2n) is 17.1. The molecular formula is C54H91NO8P+. The predicted molar refractivity (Wildman–Crippen MR) is 270 cm³/mol. The number of quaternary nitrogens is 1. The number of hydrogen-bond acceptors (Lipinski definition) is 7. The first-order chi connectivity index (χ1) is 31.0. The van der Waals surface area contributed by atoms with Crippen LogP contribution in [0.15, 0.2) is 109 Å². The minimum Gasteiger partial charge on any atom is -0.462 e. The Morgan fingerprint density at radius 1 is 0.484 bits per heavy atom. The Morgan fingerprint density at radius 2 is 0.875 bits per heavy atom. The van der Waals surface area contributed by atoms with E-state index in [0.717, 1.165) is 83.5 Å². The summed E-state index contributed by atoms with van der Waals surface area (Å²) in [5, 5.41) is 0. The number of rotatable bonds is 43. The van der Waals surface area contributed by atoms with Crippen LogP contribution < -0.4 is 0 Å². The summed E-state index contributed by atoms with van der Waals surface area (Å²) in [6.07, 6.45) is 61.7. The molecule has 0 spiro atoms. The number of likely N-dealkylation sites (N-methyl/N-ethyl adjacent to an activating group) is 1. The highest BCUT2D eigenvalue weighted by molar-refractivity contribution is 7.47. The molecule has 0 heterocycles. The molecule has 0 rings (SSSR count). The lowest BCUT2D eigenvalue weighted by atomic mass is 10.0. The number of phosphoric acid groups is 1. The summed E-state index contributed by atoms with van der Waals surface area (Å²) >= 11 is 0. The fourth-order valence-electron chi connectivity index (χ4n) is 6.05. The van der Waals surface area contributed by atoms with Gasteiger partial charge in [-0.1, -0.05) is 181 Å². The lowest BCUT2D eigenvalue weighted by Crippen LogP contribution is -2.37. The van der Waals surface area contributed by atoms with Crippen LogP contribution in [-0.4, -0.2) is 74.9 Å². The van der Waals surface area contributed by atoms with Crippen LogP contribution in [0.25, 0.3) is 0 Å². The Hall–Kier alpha value is -3.33. The number of unbranched alkanes of at least 4 members (excludes halogenated alkanes) is 11. The van der Waals surface area contributed by atoms with Crippen LogP contribution in [0.1, 0.15) is 168 Å². The summed E-state index contributed by atoms with van der Waals surface area (Å²) in [6.45, 7) is 4.08. The van der Waals surface area contributed by atoms with Crippen molar-refractivity contribution in [1.82, 2.24) is 0 Å². The molecule has 2 unspecified atom stereocenters. The minimum atomic E-state index is -4.40. The summed E-state index contributed by atoms with van der Waals surface area (Å²) < 4.78 is 34.3. The summed E-state index contributed by atoms with van der Waals surface area (Å²) in [5.74, 6) is -0.906. The van der Waals surface area contributed by atoms with Gasteiger partial charge in [0.1, 0.15) is 19.8 Å². The maximum atomic E-state index is 12.7. The molecule has 0 aliphatic rings. The average Bonchev–Trinajstić information content (AvgIpc) is 3.25. The van der Waals surface area contributed by atoms with Gasteiger partial charge in [-0.15, -0.1) is 0 Å². The highest BCUT2D eigenvalue weighted by atomic mass is 31.2. The number of hydrogen-bond donors (Lipinski definition) is 1. The molecule has 0 aromatic heterocycles. The molecule has 64 heavy (non-hydrogen) atoms. The molecule has 0 bridgehead atoms. The Bertz CT molecular complexity index is 1450. The van der Waals surface area contributed by atoms with Crippen molar-refractivity contribution in [3.8, 4) is 0 Å². The van der Waals surface area contributed by atoms with E-state index in [1.165, 1.54) is 44.9 Å². The highest BCUT2D eigenvalue weighted by Gasteiger charge is 2.27. The maximum Gasteiger partial charge on any atom is 0.472 e. The van der Waals surface area contributed by atoms with Gasteiger partial charge >= 0.3 is 19.8 Å². The Labute approximate surface area is 391 Å². The summed E-state index contributed by atoms with van der Waals surface area (Å²) in [7, 11) is 1.42. The van der Waals surface area contributed by atoms with Crippen molar-refractivity contribution in [2.75, 3.05) is 47.5 Å². The molecule has 0 aliphatic heterocycles. The van der Waals surface area contributed by atoms with E-state index in [-0.39, 0.29) is 26.1 Å². The number of esters is 2. The second-order valence-corrected chi connectivity index (χ2v) is 18.5. The lowest BCUT2D eigenvalue weighted by molar-refractivity contribution is -0.870. The van der Waals surface area contributed by atoms with E-state index in [1.807, 2.05) is 33.3 Å². The Morgan fingerprint density at radius 3 is 1.31 bits per heavy atom. The van der Waals surface area contributed by atoms with Crippen molar-refractivity contribution in [3.05, 3.63) is 109 Å². The van der Waals surface area contributed by atoms with Gasteiger partial charge in [-0.2, -0.15) is 0 Å². The monoisotopic (exact) mass is 913 g/mol. The lowest BCUT2D eigenvalue weighted by Gasteiger charge is -2.24. The molecule has 0 aromatic rings. The third-order valence-electron chi connectivity index (χ3n) is 9.81. The van der Waals surface area contributed by atoms with Crippen LogP contribution in [0.4, 0.5) is 0 Å². The van der Waals surface area contributed by atoms with Crippen LogP contribution in [0.2, 0.25) is 0 Å². The van der Waals surface area contributed by atoms with E-state index in [4.69, 9.17) is 18.5 Å². The van der Waals surface area contributed by atoms with Gasteiger partial charge in [-0.3, -0.25) is 18.6 Å². The highest BCUT2D eigenvalue weighted by Crippen LogP contribution is 2.43. The van der Waals surface area contributed by atoms with Gasteiger partial charge in [0.2, 0.25) is 0 Å². The summed E-state index contributed by atoms with van der Waals surface area (Å²) in [6, 6.07) is 0. The molecule has 0 aromatic carbocycles. The first kappa shape index (κ1) is 60.7. The fraction of sp³-hybridized carbons (Fsp3) is 0.630. The molecule has 0 aliphatic carbocycles. The van der Waals surface area contributed by atoms with Crippen molar-refractivity contribution >= 4 is 19.8 Å². The molecule has 2 atom stereocenters. The smallest absolute Gasteiger partial charge is 0.462 e. The van der Waals surface area contributed by atoms with Gasteiger partial charge in [-0.25, -0.2) is 4.57 Å². The van der Waals surface area contributed by atoms with Crippen molar-refractivity contribution < 1.29 is 42.1 Å². The minimum absolute atomic E-state index is 0.0149. The zero-order valence-corrected chi connectivity index (χ0v) is 41.9. The molecule has 0 saturated carbocycles. The molecule has 1 N–H and O–H groups in total. The van der Waals surface area contributed by atoms with Gasteiger partial charge < -0.3 is 18.9 Å². The van der Waals surface area contributed by atoms with Gasteiger partial charge in [0.15, 0.2) is 6.10 Å². The zero-order valence-electron chi connectivity index (χ0n) is 41.0. The molecule has 364 valence electrons. The van der Waals surface area contributed by atoms with E-state index >= 15 is 0 Å². The average molecular weight is 913 g/mol. The van der Waals surface area contributed by atoms with Crippen molar-refractivity contribution in [1.29, 1.82) is 0 Å². The summed E-state index contributed by atoms with van der Waals surface area (Å²) in [4.78, 5) is 35.4. The second kappa shape index (κ2) is 44.9. The molecular weight excluding hydrogens is 822 g/mol. The van der Waals surface area contributed by atoms with Crippen molar-refractivity contribution in [2.45, 2.75) is 174 Å².